The molecule has 0 amide bonds. The zero-order valence-electron chi connectivity index (χ0n) is 12.6. The zero-order chi connectivity index (χ0) is 14.7. The van der Waals surface area contributed by atoms with E-state index in [4.69, 9.17) is 14.0 Å². The summed E-state index contributed by atoms with van der Waals surface area (Å²) >= 11 is 0. The maximum Gasteiger partial charge on any atom is 0.343 e. The van der Waals surface area contributed by atoms with Crippen molar-refractivity contribution in [3.05, 3.63) is 17.0 Å². The van der Waals surface area contributed by atoms with E-state index in [0.29, 0.717) is 22.9 Å². The third-order valence-electron chi connectivity index (χ3n) is 3.84. The molecule has 1 aromatic heterocycles. The van der Waals surface area contributed by atoms with Gasteiger partial charge in [-0.15, -0.1) is 0 Å². The molecule has 1 atom stereocenters. The van der Waals surface area contributed by atoms with Gasteiger partial charge in [-0.25, -0.2) is 4.79 Å². The van der Waals surface area contributed by atoms with Gasteiger partial charge in [0.05, 0.1) is 5.69 Å². The smallest absolute Gasteiger partial charge is 0.343 e. The number of aromatic nitrogens is 1. The van der Waals surface area contributed by atoms with E-state index in [9.17, 15) is 4.79 Å². The van der Waals surface area contributed by atoms with Gasteiger partial charge in [-0.05, 0) is 26.7 Å². The summed E-state index contributed by atoms with van der Waals surface area (Å²) in [6.07, 6.45) is 1.77. The van der Waals surface area contributed by atoms with Crippen molar-refractivity contribution < 1.29 is 18.8 Å². The molecule has 1 aliphatic heterocycles. The third-order valence-corrected chi connectivity index (χ3v) is 3.84. The summed E-state index contributed by atoms with van der Waals surface area (Å²) in [5.41, 5.74) is 1.08. The minimum Gasteiger partial charge on any atom is -0.459 e. The van der Waals surface area contributed by atoms with E-state index in [2.05, 4.69) is 5.16 Å². The first-order valence-corrected chi connectivity index (χ1v) is 7.25. The summed E-state index contributed by atoms with van der Waals surface area (Å²) in [4.78, 5) is 12.4. The molecule has 112 valence electrons. The maximum absolute atomic E-state index is 12.4. The van der Waals surface area contributed by atoms with Crippen LogP contribution >= 0.6 is 0 Å². The second-order valence-electron chi connectivity index (χ2n) is 5.72. The molecule has 1 aliphatic rings. The van der Waals surface area contributed by atoms with Crippen molar-refractivity contribution in [2.75, 3.05) is 13.2 Å². The lowest BCUT2D eigenvalue weighted by Gasteiger charge is -2.27. The molecule has 0 bridgehead atoms. The Hall–Kier alpha value is -1.36. The van der Waals surface area contributed by atoms with Gasteiger partial charge in [0.25, 0.3) is 0 Å². The molecule has 0 spiro atoms. The predicted octanol–water partition coefficient (Wildman–Crippen LogP) is 3.08. The van der Waals surface area contributed by atoms with Crippen LogP contribution in [0.15, 0.2) is 4.52 Å². The molecular weight excluding hydrogens is 258 g/mol. The fourth-order valence-corrected chi connectivity index (χ4v) is 2.54. The van der Waals surface area contributed by atoms with Gasteiger partial charge in [-0.1, -0.05) is 19.0 Å². The molecule has 1 fully saturated rings. The van der Waals surface area contributed by atoms with E-state index >= 15 is 0 Å². The van der Waals surface area contributed by atoms with Crippen LogP contribution in [0.25, 0.3) is 0 Å². The Morgan fingerprint density at radius 2 is 1.95 bits per heavy atom. The second kappa shape index (κ2) is 6.39. The van der Waals surface area contributed by atoms with Crippen LogP contribution in [0, 0.1) is 12.8 Å². The van der Waals surface area contributed by atoms with Gasteiger partial charge in [0.2, 0.25) is 0 Å². The Bertz CT molecular complexity index is 460. The average Bonchev–Trinajstić information content (AvgIpc) is 2.81. The zero-order valence-corrected chi connectivity index (χ0v) is 12.6. The number of esters is 1. The van der Waals surface area contributed by atoms with Gasteiger partial charge in [-0.2, -0.15) is 0 Å². The standard InChI is InChI=1S/C15H23NO4/c1-9(2)14-13(10(3)16-20-14)15(17)19-11(4)12-5-7-18-8-6-12/h9,11-12H,5-8H2,1-4H3. The number of carbonyl (C=O) groups excluding carboxylic acids is 1. The Balaban J connectivity index is 2.06. The first kappa shape index (κ1) is 15.0. The lowest BCUT2D eigenvalue weighted by atomic mass is 9.95. The molecule has 0 aliphatic carbocycles. The lowest BCUT2D eigenvalue weighted by molar-refractivity contribution is -0.0120. The molecule has 5 nitrogen and oxygen atoms in total. The van der Waals surface area contributed by atoms with Crippen LogP contribution in [-0.4, -0.2) is 30.4 Å². The summed E-state index contributed by atoms with van der Waals surface area (Å²) in [6, 6.07) is 0. The Labute approximate surface area is 119 Å². The quantitative estimate of drug-likeness (QED) is 0.794. The maximum atomic E-state index is 12.4. The van der Waals surface area contributed by atoms with Crippen LogP contribution in [0.4, 0.5) is 0 Å². The van der Waals surface area contributed by atoms with Gasteiger partial charge in [-0.3, -0.25) is 0 Å². The van der Waals surface area contributed by atoms with Crippen molar-refractivity contribution in [2.45, 2.75) is 52.6 Å². The van der Waals surface area contributed by atoms with Gasteiger partial charge in [0.15, 0.2) is 5.76 Å². The van der Waals surface area contributed by atoms with Crippen LogP contribution < -0.4 is 0 Å². The number of nitrogens with zero attached hydrogens (tertiary/aromatic N) is 1. The van der Waals surface area contributed by atoms with Gasteiger partial charge in [0.1, 0.15) is 11.7 Å². The van der Waals surface area contributed by atoms with Crippen molar-refractivity contribution >= 4 is 5.97 Å². The predicted molar refractivity (Wildman–Crippen MR) is 73.7 cm³/mol. The van der Waals surface area contributed by atoms with E-state index in [0.717, 1.165) is 26.1 Å². The number of hydrogen-bond donors (Lipinski definition) is 0. The van der Waals surface area contributed by atoms with Gasteiger partial charge < -0.3 is 14.0 Å². The van der Waals surface area contributed by atoms with E-state index in [1.54, 1.807) is 6.92 Å². The molecule has 5 heteroatoms. The van der Waals surface area contributed by atoms with Crippen molar-refractivity contribution in [1.82, 2.24) is 5.16 Å². The number of ether oxygens (including phenoxy) is 2. The monoisotopic (exact) mass is 281 g/mol. The van der Waals surface area contributed by atoms with Crippen LogP contribution in [-0.2, 0) is 9.47 Å². The molecule has 0 aromatic carbocycles. The second-order valence-corrected chi connectivity index (χ2v) is 5.72. The van der Waals surface area contributed by atoms with Crippen molar-refractivity contribution in [2.24, 2.45) is 5.92 Å². The minimum atomic E-state index is -0.327. The Kier molecular flexibility index (Phi) is 4.81. The fraction of sp³-hybridized carbons (Fsp3) is 0.733. The molecule has 2 heterocycles. The Morgan fingerprint density at radius 1 is 1.30 bits per heavy atom. The highest BCUT2D eigenvalue weighted by Gasteiger charge is 2.28. The normalized spacial score (nSPS) is 18.2. The molecular formula is C15H23NO4. The van der Waals surface area contributed by atoms with Crippen molar-refractivity contribution in [3.8, 4) is 0 Å². The first-order valence-electron chi connectivity index (χ1n) is 7.25. The fourth-order valence-electron chi connectivity index (χ4n) is 2.54. The number of carbonyl (C=O) groups is 1. The SMILES string of the molecule is Cc1noc(C(C)C)c1C(=O)OC(C)C1CCOCC1. The molecule has 2 rings (SSSR count). The third kappa shape index (κ3) is 3.20. The van der Waals surface area contributed by atoms with E-state index < -0.39 is 0 Å². The van der Waals surface area contributed by atoms with Gasteiger partial charge >= 0.3 is 5.97 Å². The summed E-state index contributed by atoms with van der Waals surface area (Å²) in [5.74, 6) is 0.755. The van der Waals surface area contributed by atoms with Crippen LogP contribution in [0.5, 0.6) is 0 Å². The summed E-state index contributed by atoms with van der Waals surface area (Å²) < 4.78 is 16.2. The molecule has 0 saturated carbocycles. The number of aryl methyl sites for hydroxylation is 1. The molecule has 1 aromatic rings. The number of rotatable bonds is 4. The van der Waals surface area contributed by atoms with Crippen molar-refractivity contribution in [3.63, 3.8) is 0 Å². The highest BCUT2D eigenvalue weighted by atomic mass is 16.5. The van der Waals surface area contributed by atoms with E-state index in [-0.39, 0.29) is 18.0 Å². The number of hydrogen-bond acceptors (Lipinski definition) is 5. The van der Waals surface area contributed by atoms with Crippen LogP contribution in [0.2, 0.25) is 0 Å². The molecule has 20 heavy (non-hydrogen) atoms. The summed E-state index contributed by atoms with van der Waals surface area (Å²) in [6.45, 7) is 9.15. The molecule has 1 unspecified atom stereocenters. The minimum absolute atomic E-state index is 0.108. The van der Waals surface area contributed by atoms with Crippen molar-refractivity contribution in [1.29, 1.82) is 0 Å². The highest BCUT2D eigenvalue weighted by Crippen LogP contribution is 2.26. The summed E-state index contributed by atoms with van der Waals surface area (Å²) in [7, 11) is 0. The van der Waals surface area contributed by atoms with Crippen LogP contribution in [0.3, 0.4) is 0 Å². The summed E-state index contributed by atoms with van der Waals surface area (Å²) in [5, 5.41) is 3.88. The molecule has 1 saturated heterocycles. The lowest BCUT2D eigenvalue weighted by Crippen LogP contribution is -2.29. The van der Waals surface area contributed by atoms with Gasteiger partial charge in [0, 0.05) is 25.0 Å². The average molecular weight is 281 g/mol. The first-order chi connectivity index (χ1) is 9.50. The van der Waals surface area contributed by atoms with E-state index in [1.165, 1.54) is 0 Å². The van der Waals surface area contributed by atoms with E-state index in [1.807, 2.05) is 20.8 Å². The largest absolute Gasteiger partial charge is 0.459 e. The Morgan fingerprint density at radius 3 is 2.55 bits per heavy atom. The highest BCUT2D eigenvalue weighted by molar-refractivity contribution is 5.91. The molecule has 0 N–H and O–H groups in total. The molecule has 0 radical (unpaired) electrons. The topological polar surface area (TPSA) is 61.6 Å². The van der Waals surface area contributed by atoms with Crippen LogP contribution in [0.1, 0.15) is 61.3 Å².